The molecule has 1 aromatic heterocycles. The molecule has 0 amide bonds. The van der Waals surface area contributed by atoms with E-state index in [1.54, 1.807) is 12.4 Å². The van der Waals surface area contributed by atoms with Crippen LogP contribution in [0.5, 0.6) is 0 Å². The summed E-state index contributed by atoms with van der Waals surface area (Å²) in [5.41, 5.74) is 7.57. The second-order valence-corrected chi connectivity index (χ2v) is 5.49. The number of pyridine rings is 1. The standard InChI is InChI=1S/C12H18BrN3/c1-8-3-2-4-9(8)5-16-12-10(13)6-15-7-11(12)14/h6-9H,2-5,14H2,1H3,(H,15,16). The SMILES string of the molecule is CC1CCCC1CNc1c(N)cncc1Br. The lowest BCUT2D eigenvalue weighted by Crippen LogP contribution is -2.17. The summed E-state index contributed by atoms with van der Waals surface area (Å²) in [6.45, 7) is 3.35. The summed E-state index contributed by atoms with van der Waals surface area (Å²) in [4.78, 5) is 4.03. The monoisotopic (exact) mass is 283 g/mol. The van der Waals surface area contributed by atoms with Gasteiger partial charge in [0.1, 0.15) is 0 Å². The zero-order chi connectivity index (χ0) is 11.5. The summed E-state index contributed by atoms with van der Waals surface area (Å²) < 4.78 is 0.943. The Morgan fingerprint density at radius 1 is 1.50 bits per heavy atom. The smallest absolute Gasteiger partial charge is 0.0750 e. The lowest BCUT2D eigenvalue weighted by molar-refractivity contribution is 0.439. The van der Waals surface area contributed by atoms with Gasteiger partial charge < -0.3 is 11.1 Å². The zero-order valence-corrected chi connectivity index (χ0v) is 11.1. The molecule has 1 aliphatic carbocycles. The van der Waals surface area contributed by atoms with Crippen LogP contribution in [0, 0.1) is 11.8 Å². The summed E-state index contributed by atoms with van der Waals surface area (Å²) in [6.07, 6.45) is 7.51. The van der Waals surface area contributed by atoms with E-state index in [1.165, 1.54) is 19.3 Å². The lowest BCUT2D eigenvalue weighted by Gasteiger charge is -2.18. The van der Waals surface area contributed by atoms with Crippen molar-refractivity contribution in [3.05, 3.63) is 16.9 Å². The second kappa shape index (κ2) is 5.04. The van der Waals surface area contributed by atoms with Crippen molar-refractivity contribution >= 4 is 27.3 Å². The first kappa shape index (κ1) is 11.7. The van der Waals surface area contributed by atoms with Crippen molar-refractivity contribution in [2.45, 2.75) is 26.2 Å². The Hall–Kier alpha value is -0.770. The first-order chi connectivity index (χ1) is 7.68. The van der Waals surface area contributed by atoms with Gasteiger partial charge in [-0.05, 0) is 34.2 Å². The molecular weight excluding hydrogens is 266 g/mol. The van der Waals surface area contributed by atoms with Gasteiger partial charge in [0.15, 0.2) is 0 Å². The van der Waals surface area contributed by atoms with Gasteiger partial charge in [0, 0.05) is 12.7 Å². The highest BCUT2D eigenvalue weighted by Gasteiger charge is 2.23. The van der Waals surface area contributed by atoms with Gasteiger partial charge in [-0.1, -0.05) is 19.8 Å². The van der Waals surface area contributed by atoms with Gasteiger partial charge in [-0.2, -0.15) is 0 Å². The quantitative estimate of drug-likeness (QED) is 0.895. The molecule has 16 heavy (non-hydrogen) atoms. The maximum Gasteiger partial charge on any atom is 0.0750 e. The molecule has 0 aromatic carbocycles. The number of hydrogen-bond acceptors (Lipinski definition) is 3. The number of aromatic nitrogens is 1. The fourth-order valence-electron chi connectivity index (χ4n) is 2.40. The van der Waals surface area contributed by atoms with Gasteiger partial charge in [0.2, 0.25) is 0 Å². The van der Waals surface area contributed by atoms with Crippen molar-refractivity contribution in [1.82, 2.24) is 4.98 Å². The van der Waals surface area contributed by atoms with E-state index >= 15 is 0 Å². The molecule has 1 heterocycles. The van der Waals surface area contributed by atoms with Gasteiger partial charge >= 0.3 is 0 Å². The van der Waals surface area contributed by atoms with Gasteiger partial charge in [0.05, 0.1) is 22.0 Å². The highest BCUT2D eigenvalue weighted by atomic mass is 79.9. The van der Waals surface area contributed by atoms with Gasteiger partial charge in [-0.3, -0.25) is 4.98 Å². The van der Waals surface area contributed by atoms with Crippen LogP contribution >= 0.6 is 15.9 Å². The number of rotatable bonds is 3. The van der Waals surface area contributed by atoms with E-state index < -0.39 is 0 Å². The fourth-order valence-corrected chi connectivity index (χ4v) is 2.88. The molecule has 0 bridgehead atoms. The summed E-state index contributed by atoms with van der Waals surface area (Å²) in [5, 5.41) is 3.44. The normalized spacial score (nSPS) is 24.6. The molecule has 1 fully saturated rings. The maximum atomic E-state index is 5.89. The number of halogens is 1. The molecule has 2 atom stereocenters. The molecule has 88 valence electrons. The molecule has 4 heteroatoms. The van der Waals surface area contributed by atoms with Crippen molar-refractivity contribution in [3.63, 3.8) is 0 Å². The minimum absolute atomic E-state index is 0.708. The van der Waals surface area contributed by atoms with Crippen LogP contribution in [-0.4, -0.2) is 11.5 Å². The minimum Gasteiger partial charge on any atom is -0.396 e. The molecule has 0 saturated heterocycles. The van der Waals surface area contributed by atoms with E-state index in [0.29, 0.717) is 5.69 Å². The Kier molecular flexibility index (Phi) is 3.69. The topological polar surface area (TPSA) is 50.9 Å². The number of hydrogen-bond donors (Lipinski definition) is 2. The molecule has 2 rings (SSSR count). The Labute approximate surface area is 105 Å². The van der Waals surface area contributed by atoms with Crippen LogP contribution in [0.25, 0.3) is 0 Å². The van der Waals surface area contributed by atoms with Crippen molar-refractivity contribution in [3.8, 4) is 0 Å². The van der Waals surface area contributed by atoms with E-state index in [9.17, 15) is 0 Å². The highest BCUT2D eigenvalue weighted by molar-refractivity contribution is 9.10. The average Bonchev–Trinajstić information content (AvgIpc) is 2.64. The zero-order valence-electron chi connectivity index (χ0n) is 9.54. The molecule has 0 radical (unpaired) electrons. The average molecular weight is 284 g/mol. The highest BCUT2D eigenvalue weighted by Crippen LogP contribution is 2.33. The van der Waals surface area contributed by atoms with Crippen molar-refractivity contribution in [1.29, 1.82) is 0 Å². The van der Waals surface area contributed by atoms with Crippen molar-refractivity contribution < 1.29 is 0 Å². The predicted molar refractivity (Wildman–Crippen MR) is 71.3 cm³/mol. The predicted octanol–water partition coefficient (Wildman–Crippen LogP) is 3.27. The van der Waals surface area contributed by atoms with Crippen LogP contribution < -0.4 is 11.1 Å². The van der Waals surface area contributed by atoms with Crippen LogP contribution in [0.1, 0.15) is 26.2 Å². The van der Waals surface area contributed by atoms with E-state index in [0.717, 1.165) is 28.5 Å². The summed E-state index contributed by atoms with van der Waals surface area (Å²) in [5.74, 6) is 1.61. The summed E-state index contributed by atoms with van der Waals surface area (Å²) >= 11 is 3.47. The minimum atomic E-state index is 0.708. The number of anilines is 2. The molecule has 0 aliphatic heterocycles. The maximum absolute atomic E-state index is 5.89. The van der Waals surface area contributed by atoms with E-state index in [1.807, 2.05) is 0 Å². The third kappa shape index (κ3) is 2.48. The van der Waals surface area contributed by atoms with Crippen LogP contribution in [-0.2, 0) is 0 Å². The number of nitrogens with two attached hydrogens (primary N) is 1. The molecular formula is C12H18BrN3. The third-order valence-corrected chi connectivity index (χ3v) is 4.11. The molecule has 1 aromatic rings. The van der Waals surface area contributed by atoms with E-state index in [2.05, 4.69) is 33.2 Å². The Balaban J connectivity index is 1.99. The third-order valence-electron chi connectivity index (χ3n) is 3.51. The Morgan fingerprint density at radius 3 is 2.94 bits per heavy atom. The fraction of sp³-hybridized carbons (Fsp3) is 0.583. The Bertz CT molecular complexity index is 347. The van der Waals surface area contributed by atoms with Crippen LogP contribution in [0.3, 0.4) is 0 Å². The molecule has 1 aliphatic rings. The Morgan fingerprint density at radius 2 is 2.31 bits per heavy atom. The van der Waals surface area contributed by atoms with Crippen molar-refractivity contribution in [2.75, 3.05) is 17.6 Å². The van der Waals surface area contributed by atoms with Crippen LogP contribution in [0.4, 0.5) is 11.4 Å². The number of nitrogens with zero attached hydrogens (tertiary/aromatic N) is 1. The van der Waals surface area contributed by atoms with Gasteiger partial charge in [0.25, 0.3) is 0 Å². The van der Waals surface area contributed by atoms with Crippen LogP contribution in [0.15, 0.2) is 16.9 Å². The molecule has 1 saturated carbocycles. The molecule has 3 nitrogen and oxygen atoms in total. The van der Waals surface area contributed by atoms with Crippen LogP contribution in [0.2, 0.25) is 0 Å². The molecule has 0 spiro atoms. The largest absolute Gasteiger partial charge is 0.396 e. The first-order valence-corrected chi connectivity index (χ1v) is 6.60. The van der Waals surface area contributed by atoms with Gasteiger partial charge in [-0.15, -0.1) is 0 Å². The summed E-state index contributed by atoms with van der Waals surface area (Å²) in [6, 6.07) is 0. The lowest BCUT2D eigenvalue weighted by atomic mass is 9.98. The second-order valence-electron chi connectivity index (χ2n) is 4.63. The molecule has 2 unspecified atom stereocenters. The molecule has 3 N–H and O–H groups in total. The van der Waals surface area contributed by atoms with E-state index in [4.69, 9.17) is 5.73 Å². The first-order valence-electron chi connectivity index (χ1n) is 5.81. The van der Waals surface area contributed by atoms with Gasteiger partial charge in [-0.25, -0.2) is 0 Å². The number of nitrogens with one attached hydrogen (secondary N) is 1. The van der Waals surface area contributed by atoms with Crippen molar-refractivity contribution in [2.24, 2.45) is 11.8 Å². The van der Waals surface area contributed by atoms with E-state index in [-0.39, 0.29) is 0 Å². The number of nitrogen functional groups attached to an aromatic ring is 1. The summed E-state index contributed by atoms with van der Waals surface area (Å²) in [7, 11) is 0.